The molecular formula is C13H16O3. The molecule has 0 fully saturated rings. The number of rotatable bonds is 5. The van der Waals surface area contributed by atoms with Crippen molar-refractivity contribution in [3.05, 3.63) is 35.4 Å². The predicted octanol–water partition coefficient (Wildman–Crippen LogP) is 2.86. The van der Waals surface area contributed by atoms with Crippen molar-refractivity contribution in [1.29, 1.82) is 0 Å². The van der Waals surface area contributed by atoms with E-state index in [9.17, 15) is 9.59 Å². The lowest BCUT2D eigenvalue weighted by Gasteiger charge is -2.07. The molecule has 0 saturated carbocycles. The summed E-state index contributed by atoms with van der Waals surface area (Å²) >= 11 is 0. The van der Waals surface area contributed by atoms with Crippen molar-refractivity contribution in [2.45, 2.75) is 32.6 Å². The fourth-order valence-corrected chi connectivity index (χ4v) is 1.47. The molecule has 1 atom stereocenters. The number of carbonyl (C=O) groups is 2. The summed E-state index contributed by atoms with van der Waals surface area (Å²) in [5.41, 5.74) is 1.38. The topological polar surface area (TPSA) is 54.4 Å². The fourth-order valence-electron chi connectivity index (χ4n) is 1.47. The van der Waals surface area contributed by atoms with E-state index in [1.807, 2.05) is 6.92 Å². The lowest BCUT2D eigenvalue weighted by Crippen LogP contribution is -2.07. The quantitative estimate of drug-likeness (QED) is 0.776. The van der Waals surface area contributed by atoms with Crippen LogP contribution in [-0.2, 0) is 4.79 Å². The van der Waals surface area contributed by atoms with E-state index in [-0.39, 0.29) is 5.78 Å². The second-order valence-corrected chi connectivity index (χ2v) is 3.86. The number of carbonyl (C=O) groups excluding carboxylic acids is 1. The van der Waals surface area contributed by atoms with Crippen LogP contribution in [0.1, 0.15) is 48.5 Å². The maximum atomic E-state index is 11.5. The van der Waals surface area contributed by atoms with Gasteiger partial charge in [-0.2, -0.15) is 0 Å². The second-order valence-electron chi connectivity index (χ2n) is 3.86. The molecule has 16 heavy (non-hydrogen) atoms. The number of carboxylic acids is 1. The highest BCUT2D eigenvalue weighted by Gasteiger charge is 2.13. The minimum atomic E-state index is -0.854. The van der Waals surface area contributed by atoms with Crippen LogP contribution in [-0.4, -0.2) is 16.9 Å². The summed E-state index contributed by atoms with van der Waals surface area (Å²) in [6.45, 7) is 3.59. The Bertz CT molecular complexity index is 379. The summed E-state index contributed by atoms with van der Waals surface area (Å²) in [6, 6.07) is 6.82. The molecule has 3 nitrogen and oxygen atoms in total. The first-order valence-electron chi connectivity index (χ1n) is 5.42. The number of ketones is 1. The van der Waals surface area contributed by atoms with Gasteiger partial charge in [-0.3, -0.25) is 9.59 Å². The van der Waals surface area contributed by atoms with Crippen LogP contribution in [0, 0.1) is 0 Å². The number of aliphatic carboxylic acids is 1. The molecule has 0 spiro atoms. The van der Waals surface area contributed by atoms with Crippen molar-refractivity contribution in [1.82, 2.24) is 0 Å². The SMILES string of the molecule is CCCC(=O)c1ccc(C(C)C(=O)O)cc1. The molecule has 3 heteroatoms. The van der Waals surface area contributed by atoms with Gasteiger partial charge < -0.3 is 5.11 Å². The van der Waals surface area contributed by atoms with Gasteiger partial charge in [-0.25, -0.2) is 0 Å². The zero-order chi connectivity index (χ0) is 12.1. The minimum absolute atomic E-state index is 0.108. The Kier molecular flexibility index (Phi) is 4.23. The van der Waals surface area contributed by atoms with Gasteiger partial charge >= 0.3 is 5.97 Å². The van der Waals surface area contributed by atoms with Crippen LogP contribution >= 0.6 is 0 Å². The first-order chi connectivity index (χ1) is 7.56. The van der Waals surface area contributed by atoms with Crippen molar-refractivity contribution >= 4 is 11.8 Å². The van der Waals surface area contributed by atoms with E-state index in [1.54, 1.807) is 31.2 Å². The molecule has 0 heterocycles. The number of benzene rings is 1. The van der Waals surface area contributed by atoms with Crippen molar-refractivity contribution in [3.63, 3.8) is 0 Å². The van der Waals surface area contributed by atoms with E-state index in [1.165, 1.54) is 0 Å². The van der Waals surface area contributed by atoms with Gasteiger partial charge in [0.05, 0.1) is 5.92 Å². The summed E-state index contributed by atoms with van der Waals surface area (Å²) in [4.78, 5) is 22.3. The Morgan fingerprint density at radius 2 is 1.81 bits per heavy atom. The Hall–Kier alpha value is -1.64. The van der Waals surface area contributed by atoms with Crippen LogP contribution in [0.25, 0.3) is 0 Å². The van der Waals surface area contributed by atoms with Crippen LogP contribution < -0.4 is 0 Å². The van der Waals surface area contributed by atoms with Gasteiger partial charge in [0.1, 0.15) is 0 Å². The number of hydrogen-bond acceptors (Lipinski definition) is 2. The van der Waals surface area contributed by atoms with E-state index < -0.39 is 11.9 Å². The average Bonchev–Trinajstić information content (AvgIpc) is 2.28. The molecule has 0 aromatic heterocycles. The molecule has 1 rings (SSSR count). The van der Waals surface area contributed by atoms with Crippen molar-refractivity contribution < 1.29 is 14.7 Å². The van der Waals surface area contributed by atoms with E-state index in [0.29, 0.717) is 12.0 Å². The Balaban J connectivity index is 2.83. The lowest BCUT2D eigenvalue weighted by molar-refractivity contribution is -0.138. The van der Waals surface area contributed by atoms with E-state index >= 15 is 0 Å². The third kappa shape index (κ3) is 2.92. The zero-order valence-electron chi connectivity index (χ0n) is 9.56. The Morgan fingerprint density at radius 1 is 1.25 bits per heavy atom. The monoisotopic (exact) mass is 220 g/mol. The largest absolute Gasteiger partial charge is 0.481 e. The predicted molar refractivity (Wildman–Crippen MR) is 61.7 cm³/mol. The molecular weight excluding hydrogens is 204 g/mol. The first-order valence-corrected chi connectivity index (χ1v) is 5.42. The Morgan fingerprint density at radius 3 is 2.25 bits per heavy atom. The molecule has 0 saturated heterocycles. The smallest absolute Gasteiger partial charge is 0.310 e. The van der Waals surface area contributed by atoms with Gasteiger partial charge in [-0.15, -0.1) is 0 Å². The van der Waals surface area contributed by atoms with Gasteiger partial charge in [-0.1, -0.05) is 31.2 Å². The van der Waals surface area contributed by atoms with Crippen molar-refractivity contribution in [2.75, 3.05) is 0 Å². The molecule has 86 valence electrons. The highest BCUT2D eigenvalue weighted by Crippen LogP contribution is 2.16. The highest BCUT2D eigenvalue weighted by atomic mass is 16.4. The number of Topliss-reactive ketones (excluding diaryl/α,β-unsaturated/α-hetero) is 1. The number of carboxylic acid groups (broad SMARTS) is 1. The summed E-state index contributed by atoms with van der Waals surface area (Å²) in [6.07, 6.45) is 1.36. The van der Waals surface area contributed by atoms with E-state index in [0.717, 1.165) is 12.0 Å². The van der Waals surface area contributed by atoms with Crippen molar-refractivity contribution in [2.24, 2.45) is 0 Å². The summed E-state index contributed by atoms with van der Waals surface area (Å²) in [5, 5.41) is 8.83. The maximum Gasteiger partial charge on any atom is 0.310 e. The maximum absolute atomic E-state index is 11.5. The summed E-state index contributed by atoms with van der Waals surface area (Å²) in [7, 11) is 0. The normalized spacial score (nSPS) is 12.1. The van der Waals surface area contributed by atoms with Crippen LogP contribution in [0.15, 0.2) is 24.3 Å². The van der Waals surface area contributed by atoms with Gasteiger partial charge in [0.2, 0.25) is 0 Å². The Labute approximate surface area is 95.1 Å². The molecule has 0 aliphatic heterocycles. The van der Waals surface area contributed by atoms with Gasteiger partial charge in [0.25, 0.3) is 0 Å². The average molecular weight is 220 g/mol. The highest BCUT2D eigenvalue weighted by molar-refractivity contribution is 5.96. The lowest BCUT2D eigenvalue weighted by atomic mass is 9.98. The minimum Gasteiger partial charge on any atom is -0.481 e. The van der Waals surface area contributed by atoms with Gasteiger partial charge in [0.15, 0.2) is 5.78 Å². The van der Waals surface area contributed by atoms with Crippen LogP contribution in [0.3, 0.4) is 0 Å². The van der Waals surface area contributed by atoms with Crippen LogP contribution in [0.2, 0.25) is 0 Å². The molecule has 0 radical (unpaired) electrons. The molecule has 1 aromatic rings. The zero-order valence-corrected chi connectivity index (χ0v) is 9.56. The third-order valence-electron chi connectivity index (χ3n) is 2.58. The van der Waals surface area contributed by atoms with E-state index in [2.05, 4.69) is 0 Å². The van der Waals surface area contributed by atoms with Gasteiger partial charge in [0, 0.05) is 12.0 Å². The fraction of sp³-hybridized carbons (Fsp3) is 0.385. The molecule has 1 aromatic carbocycles. The standard InChI is InChI=1S/C13H16O3/c1-3-4-12(14)11-7-5-10(6-8-11)9(2)13(15)16/h5-9H,3-4H2,1-2H3,(H,15,16). The van der Waals surface area contributed by atoms with Crippen LogP contribution in [0.5, 0.6) is 0 Å². The van der Waals surface area contributed by atoms with E-state index in [4.69, 9.17) is 5.11 Å². The molecule has 0 aliphatic rings. The third-order valence-corrected chi connectivity index (χ3v) is 2.58. The van der Waals surface area contributed by atoms with Gasteiger partial charge in [-0.05, 0) is 18.9 Å². The molecule has 1 N–H and O–H groups in total. The second kappa shape index (κ2) is 5.45. The summed E-state index contributed by atoms with van der Waals surface area (Å²) in [5.74, 6) is -1.28. The first kappa shape index (κ1) is 12.4. The molecule has 1 unspecified atom stereocenters. The molecule has 0 amide bonds. The summed E-state index contributed by atoms with van der Waals surface area (Å²) < 4.78 is 0. The van der Waals surface area contributed by atoms with Crippen LogP contribution in [0.4, 0.5) is 0 Å². The van der Waals surface area contributed by atoms with Crippen molar-refractivity contribution in [3.8, 4) is 0 Å². The molecule has 0 bridgehead atoms. The molecule has 0 aliphatic carbocycles. The number of hydrogen-bond donors (Lipinski definition) is 1.